The summed E-state index contributed by atoms with van der Waals surface area (Å²) in [5, 5.41) is 3.24. The number of carbonyl (C=O) groups excluding carboxylic acids is 1. The quantitative estimate of drug-likeness (QED) is 0.917. The van der Waals surface area contributed by atoms with Crippen molar-refractivity contribution in [2.75, 3.05) is 19.6 Å². The molecule has 0 aromatic heterocycles. The van der Waals surface area contributed by atoms with Gasteiger partial charge in [-0.25, -0.2) is 0 Å². The highest BCUT2D eigenvalue weighted by Crippen LogP contribution is 2.29. The first-order valence-electron chi connectivity index (χ1n) is 7.92. The van der Waals surface area contributed by atoms with Gasteiger partial charge in [0.15, 0.2) is 0 Å². The van der Waals surface area contributed by atoms with Gasteiger partial charge >= 0.3 is 0 Å². The SMILES string of the molecule is O=C(CN1CCCCC1)N[C@@H]1CCCc2ccccc21. The lowest BCUT2D eigenvalue weighted by Gasteiger charge is -2.29. The van der Waals surface area contributed by atoms with Gasteiger partial charge in [0, 0.05) is 0 Å². The zero-order chi connectivity index (χ0) is 13.8. The maximum Gasteiger partial charge on any atom is 0.234 e. The Morgan fingerprint density at radius 2 is 1.95 bits per heavy atom. The molecule has 0 unspecified atom stereocenters. The molecule has 1 aliphatic carbocycles. The van der Waals surface area contributed by atoms with E-state index in [-0.39, 0.29) is 11.9 Å². The fourth-order valence-corrected chi connectivity index (χ4v) is 3.46. The van der Waals surface area contributed by atoms with Gasteiger partial charge in [-0.3, -0.25) is 9.69 Å². The molecule has 1 aromatic rings. The average molecular weight is 272 g/mol. The van der Waals surface area contributed by atoms with Crippen LogP contribution in [0.2, 0.25) is 0 Å². The number of hydrogen-bond donors (Lipinski definition) is 1. The molecule has 0 bridgehead atoms. The summed E-state index contributed by atoms with van der Waals surface area (Å²) in [7, 11) is 0. The zero-order valence-electron chi connectivity index (χ0n) is 12.1. The molecule has 1 aromatic carbocycles. The number of nitrogens with zero attached hydrogens (tertiary/aromatic N) is 1. The van der Waals surface area contributed by atoms with E-state index in [1.54, 1.807) is 0 Å². The number of carbonyl (C=O) groups is 1. The summed E-state index contributed by atoms with van der Waals surface area (Å²) in [5.41, 5.74) is 2.73. The number of fused-ring (bicyclic) bond motifs is 1. The number of piperidine rings is 1. The Kier molecular flexibility index (Phi) is 4.36. The monoisotopic (exact) mass is 272 g/mol. The van der Waals surface area contributed by atoms with Gasteiger partial charge in [-0.15, -0.1) is 0 Å². The van der Waals surface area contributed by atoms with Crippen molar-refractivity contribution in [1.82, 2.24) is 10.2 Å². The van der Waals surface area contributed by atoms with Crippen molar-refractivity contribution in [2.24, 2.45) is 0 Å². The van der Waals surface area contributed by atoms with E-state index in [0.29, 0.717) is 6.54 Å². The minimum absolute atomic E-state index is 0.189. The van der Waals surface area contributed by atoms with Crippen LogP contribution in [0.15, 0.2) is 24.3 Å². The van der Waals surface area contributed by atoms with Crippen molar-refractivity contribution in [1.29, 1.82) is 0 Å². The first kappa shape index (κ1) is 13.6. The Labute approximate surface area is 121 Å². The first-order valence-corrected chi connectivity index (χ1v) is 7.92. The largest absolute Gasteiger partial charge is 0.348 e. The van der Waals surface area contributed by atoms with Crippen molar-refractivity contribution in [3.8, 4) is 0 Å². The number of likely N-dealkylation sites (tertiary alicyclic amines) is 1. The van der Waals surface area contributed by atoms with E-state index in [0.717, 1.165) is 25.9 Å². The topological polar surface area (TPSA) is 32.3 Å². The van der Waals surface area contributed by atoms with E-state index >= 15 is 0 Å². The summed E-state index contributed by atoms with van der Waals surface area (Å²) in [6.07, 6.45) is 7.18. The molecule has 0 radical (unpaired) electrons. The molecule has 3 heteroatoms. The maximum atomic E-state index is 12.2. The van der Waals surface area contributed by atoms with Gasteiger partial charge in [-0.05, 0) is 56.3 Å². The van der Waals surface area contributed by atoms with Crippen LogP contribution in [0, 0.1) is 0 Å². The van der Waals surface area contributed by atoms with Crippen LogP contribution in [0.5, 0.6) is 0 Å². The Morgan fingerprint density at radius 3 is 2.80 bits per heavy atom. The second kappa shape index (κ2) is 6.40. The van der Waals surface area contributed by atoms with Crippen LogP contribution in [0.1, 0.15) is 49.3 Å². The van der Waals surface area contributed by atoms with E-state index < -0.39 is 0 Å². The average Bonchev–Trinajstić information content (AvgIpc) is 2.48. The van der Waals surface area contributed by atoms with Gasteiger partial charge in [0.25, 0.3) is 0 Å². The normalized spacial score (nSPS) is 23.1. The second-order valence-electron chi connectivity index (χ2n) is 6.05. The zero-order valence-corrected chi connectivity index (χ0v) is 12.1. The maximum absolute atomic E-state index is 12.2. The van der Waals surface area contributed by atoms with Crippen molar-refractivity contribution < 1.29 is 4.79 Å². The molecular weight excluding hydrogens is 248 g/mol. The van der Waals surface area contributed by atoms with Gasteiger partial charge < -0.3 is 5.32 Å². The van der Waals surface area contributed by atoms with Crippen LogP contribution in [0.4, 0.5) is 0 Å². The lowest BCUT2D eigenvalue weighted by atomic mass is 9.88. The number of rotatable bonds is 3. The number of nitrogens with one attached hydrogen (secondary N) is 1. The number of hydrogen-bond acceptors (Lipinski definition) is 2. The third-order valence-electron chi connectivity index (χ3n) is 4.52. The van der Waals surface area contributed by atoms with Crippen LogP contribution in [0.3, 0.4) is 0 Å². The van der Waals surface area contributed by atoms with Gasteiger partial charge in [-0.1, -0.05) is 30.7 Å². The fourth-order valence-electron chi connectivity index (χ4n) is 3.46. The van der Waals surface area contributed by atoms with Crippen molar-refractivity contribution in [3.63, 3.8) is 0 Å². The van der Waals surface area contributed by atoms with Crippen molar-refractivity contribution >= 4 is 5.91 Å². The van der Waals surface area contributed by atoms with Crippen LogP contribution in [-0.2, 0) is 11.2 Å². The predicted octanol–water partition coefficient (Wildman–Crippen LogP) is 2.67. The first-order chi connectivity index (χ1) is 9.83. The van der Waals surface area contributed by atoms with Crippen molar-refractivity contribution in [2.45, 2.75) is 44.6 Å². The Morgan fingerprint density at radius 1 is 1.15 bits per heavy atom. The fraction of sp³-hybridized carbons (Fsp3) is 0.588. The molecule has 1 fully saturated rings. The Bertz CT molecular complexity index is 466. The molecular formula is C17H24N2O. The van der Waals surface area contributed by atoms with E-state index in [1.807, 2.05) is 0 Å². The molecule has 1 heterocycles. The molecule has 0 saturated carbocycles. The van der Waals surface area contributed by atoms with Crippen LogP contribution in [-0.4, -0.2) is 30.4 Å². The summed E-state index contributed by atoms with van der Waals surface area (Å²) in [5.74, 6) is 0.189. The third kappa shape index (κ3) is 3.21. The molecule has 1 aliphatic heterocycles. The molecule has 0 spiro atoms. The lowest BCUT2D eigenvalue weighted by molar-refractivity contribution is -0.123. The third-order valence-corrected chi connectivity index (χ3v) is 4.52. The highest BCUT2D eigenvalue weighted by Gasteiger charge is 2.22. The number of benzene rings is 1. The minimum Gasteiger partial charge on any atom is -0.348 e. The van der Waals surface area contributed by atoms with E-state index in [2.05, 4.69) is 34.5 Å². The summed E-state index contributed by atoms with van der Waals surface area (Å²) in [4.78, 5) is 14.5. The van der Waals surface area contributed by atoms with E-state index in [9.17, 15) is 4.79 Å². The van der Waals surface area contributed by atoms with Gasteiger partial charge in [0.2, 0.25) is 5.91 Å². The van der Waals surface area contributed by atoms with E-state index in [4.69, 9.17) is 0 Å². The smallest absolute Gasteiger partial charge is 0.234 e. The molecule has 20 heavy (non-hydrogen) atoms. The molecule has 2 aliphatic rings. The summed E-state index contributed by atoms with van der Waals surface area (Å²) in [6, 6.07) is 8.75. The van der Waals surface area contributed by atoms with Crippen molar-refractivity contribution in [3.05, 3.63) is 35.4 Å². The van der Waals surface area contributed by atoms with Crippen LogP contribution >= 0.6 is 0 Å². The van der Waals surface area contributed by atoms with Crippen LogP contribution in [0.25, 0.3) is 0 Å². The molecule has 3 rings (SSSR count). The summed E-state index contributed by atoms with van der Waals surface area (Å²) >= 11 is 0. The molecule has 1 atom stereocenters. The predicted molar refractivity (Wildman–Crippen MR) is 80.6 cm³/mol. The van der Waals surface area contributed by atoms with E-state index in [1.165, 1.54) is 36.8 Å². The highest BCUT2D eigenvalue weighted by molar-refractivity contribution is 5.78. The Balaban J connectivity index is 1.59. The standard InChI is InChI=1S/C17H24N2O/c20-17(13-19-11-4-1-5-12-19)18-16-10-6-8-14-7-2-3-9-15(14)16/h2-3,7,9,16H,1,4-6,8,10-13H2,(H,18,20)/t16-/m1/s1. The van der Waals surface area contributed by atoms with Crippen LogP contribution < -0.4 is 5.32 Å². The highest BCUT2D eigenvalue weighted by atomic mass is 16.2. The number of amides is 1. The molecule has 1 saturated heterocycles. The molecule has 108 valence electrons. The molecule has 1 N–H and O–H groups in total. The van der Waals surface area contributed by atoms with Gasteiger partial charge in [-0.2, -0.15) is 0 Å². The van der Waals surface area contributed by atoms with Gasteiger partial charge in [0.05, 0.1) is 12.6 Å². The lowest BCUT2D eigenvalue weighted by Crippen LogP contribution is -2.41. The molecule has 3 nitrogen and oxygen atoms in total. The Hall–Kier alpha value is -1.35. The van der Waals surface area contributed by atoms with Gasteiger partial charge in [0.1, 0.15) is 0 Å². The summed E-state index contributed by atoms with van der Waals surface area (Å²) < 4.78 is 0. The molecule has 1 amide bonds. The minimum atomic E-state index is 0.189. The second-order valence-corrected chi connectivity index (χ2v) is 6.05. The summed E-state index contributed by atoms with van der Waals surface area (Å²) in [6.45, 7) is 2.72. The number of aryl methyl sites for hydroxylation is 1.